The monoisotopic (exact) mass is 278 g/mol. The summed E-state index contributed by atoms with van der Waals surface area (Å²) in [5.74, 6) is 1.09. The van der Waals surface area contributed by atoms with E-state index in [4.69, 9.17) is 10.5 Å². The molecule has 0 aliphatic rings. The van der Waals surface area contributed by atoms with Gasteiger partial charge in [0.2, 0.25) is 0 Å². The highest BCUT2D eigenvalue weighted by Gasteiger charge is 2.12. The number of carbonyl (C=O) groups excluding carboxylic acids is 1. The van der Waals surface area contributed by atoms with Gasteiger partial charge in [0.05, 0.1) is 0 Å². The Balaban J connectivity index is 2.37. The number of aryl methyl sites for hydroxylation is 1. The largest absolute Gasteiger partial charge is 0.484 e. The summed E-state index contributed by atoms with van der Waals surface area (Å²) in [4.78, 5) is 11.8. The minimum atomic E-state index is -0.124. The van der Waals surface area contributed by atoms with Gasteiger partial charge in [-0.1, -0.05) is 32.9 Å². The Kier molecular flexibility index (Phi) is 7.09. The van der Waals surface area contributed by atoms with E-state index >= 15 is 0 Å². The smallest absolute Gasteiger partial charge is 0.258 e. The van der Waals surface area contributed by atoms with Crippen molar-refractivity contribution in [3.63, 3.8) is 0 Å². The van der Waals surface area contributed by atoms with Crippen molar-refractivity contribution in [1.29, 1.82) is 0 Å². The molecule has 20 heavy (non-hydrogen) atoms. The van der Waals surface area contributed by atoms with Crippen molar-refractivity contribution < 1.29 is 9.53 Å². The third-order valence-corrected chi connectivity index (χ3v) is 3.11. The number of nitrogens with two attached hydrogens (primary N) is 1. The first-order valence-electron chi connectivity index (χ1n) is 7.26. The van der Waals surface area contributed by atoms with Crippen LogP contribution in [0.1, 0.15) is 32.8 Å². The Hall–Kier alpha value is -1.55. The van der Waals surface area contributed by atoms with Crippen LogP contribution >= 0.6 is 0 Å². The van der Waals surface area contributed by atoms with E-state index in [9.17, 15) is 4.79 Å². The Labute approximate surface area is 121 Å². The Morgan fingerprint density at radius 1 is 1.30 bits per heavy atom. The number of hydrogen-bond acceptors (Lipinski definition) is 3. The third kappa shape index (κ3) is 6.06. The summed E-state index contributed by atoms with van der Waals surface area (Å²) in [6.45, 7) is 6.81. The van der Waals surface area contributed by atoms with Gasteiger partial charge < -0.3 is 15.8 Å². The molecule has 1 rings (SSSR count). The van der Waals surface area contributed by atoms with Gasteiger partial charge in [0.1, 0.15) is 5.75 Å². The molecule has 1 atom stereocenters. The van der Waals surface area contributed by atoms with Crippen LogP contribution < -0.4 is 15.8 Å². The molecule has 1 aromatic carbocycles. The molecule has 0 spiro atoms. The van der Waals surface area contributed by atoms with E-state index in [2.05, 4.69) is 26.1 Å². The van der Waals surface area contributed by atoms with Gasteiger partial charge in [0, 0.05) is 12.6 Å². The van der Waals surface area contributed by atoms with Crippen LogP contribution in [0, 0.1) is 5.92 Å². The quantitative estimate of drug-likeness (QED) is 0.765. The van der Waals surface area contributed by atoms with Crippen LogP contribution in [0.5, 0.6) is 5.75 Å². The first-order chi connectivity index (χ1) is 9.55. The molecule has 0 saturated heterocycles. The molecule has 0 radical (unpaired) electrons. The molecule has 0 fully saturated rings. The second kappa shape index (κ2) is 8.59. The van der Waals surface area contributed by atoms with Crippen LogP contribution in [0.15, 0.2) is 24.3 Å². The van der Waals surface area contributed by atoms with E-state index in [0.29, 0.717) is 18.2 Å². The average Bonchev–Trinajstić information content (AvgIpc) is 2.44. The van der Waals surface area contributed by atoms with E-state index in [0.717, 1.165) is 12.8 Å². The lowest BCUT2D eigenvalue weighted by molar-refractivity contribution is -0.123. The summed E-state index contributed by atoms with van der Waals surface area (Å²) in [6.07, 6.45) is 1.88. The summed E-state index contributed by atoms with van der Waals surface area (Å²) < 4.78 is 5.46. The van der Waals surface area contributed by atoms with Crippen LogP contribution in [0.2, 0.25) is 0 Å². The summed E-state index contributed by atoms with van der Waals surface area (Å²) >= 11 is 0. The third-order valence-electron chi connectivity index (χ3n) is 3.11. The van der Waals surface area contributed by atoms with Crippen molar-refractivity contribution in [1.82, 2.24) is 5.32 Å². The summed E-state index contributed by atoms with van der Waals surface area (Å²) in [5, 5.41) is 2.90. The zero-order valence-corrected chi connectivity index (χ0v) is 12.7. The Bertz CT molecular complexity index is 401. The van der Waals surface area contributed by atoms with Gasteiger partial charge in [-0.3, -0.25) is 4.79 Å². The van der Waals surface area contributed by atoms with Gasteiger partial charge >= 0.3 is 0 Å². The zero-order chi connectivity index (χ0) is 15.0. The number of amides is 1. The predicted molar refractivity (Wildman–Crippen MR) is 81.8 cm³/mol. The van der Waals surface area contributed by atoms with Crippen LogP contribution in [0.4, 0.5) is 0 Å². The molecule has 0 aliphatic heterocycles. The molecular weight excluding hydrogens is 252 g/mol. The lowest BCUT2D eigenvalue weighted by atomic mass is 10.0. The van der Waals surface area contributed by atoms with Crippen LogP contribution in [0.25, 0.3) is 0 Å². The van der Waals surface area contributed by atoms with Crippen molar-refractivity contribution in [3.8, 4) is 5.75 Å². The maximum Gasteiger partial charge on any atom is 0.258 e. The molecule has 0 saturated carbocycles. The molecular formula is C16H26N2O2. The van der Waals surface area contributed by atoms with E-state index in [1.165, 1.54) is 5.56 Å². The van der Waals surface area contributed by atoms with Gasteiger partial charge in [0.15, 0.2) is 6.61 Å². The molecule has 0 bridgehead atoms. The van der Waals surface area contributed by atoms with Crippen LogP contribution in [-0.2, 0) is 11.2 Å². The standard InChI is InChI=1S/C16H26N2O2/c1-4-13-5-7-15(8-6-13)20-11-16(19)18-14(10-17)9-12(2)3/h5-8,12,14H,4,9-11,17H2,1-3H3,(H,18,19). The van der Waals surface area contributed by atoms with Gasteiger partial charge in [-0.15, -0.1) is 0 Å². The SMILES string of the molecule is CCc1ccc(OCC(=O)NC(CN)CC(C)C)cc1. The van der Waals surface area contributed by atoms with Gasteiger partial charge in [-0.2, -0.15) is 0 Å². The van der Waals surface area contributed by atoms with Crippen molar-refractivity contribution in [3.05, 3.63) is 29.8 Å². The minimum Gasteiger partial charge on any atom is -0.484 e. The second-order valence-electron chi connectivity index (χ2n) is 5.42. The highest BCUT2D eigenvalue weighted by Crippen LogP contribution is 2.12. The first kappa shape index (κ1) is 16.5. The number of carbonyl (C=O) groups is 1. The number of ether oxygens (including phenoxy) is 1. The van der Waals surface area contributed by atoms with Crippen molar-refractivity contribution in [2.45, 2.75) is 39.7 Å². The maximum atomic E-state index is 11.8. The van der Waals surface area contributed by atoms with Crippen LogP contribution in [-0.4, -0.2) is 25.1 Å². The second-order valence-corrected chi connectivity index (χ2v) is 5.42. The van der Waals surface area contributed by atoms with E-state index in [1.54, 1.807) is 0 Å². The lowest BCUT2D eigenvalue weighted by Crippen LogP contribution is -2.43. The normalized spacial score (nSPS) is 12.2. The van der Waals surface area contributed by atoms with Gasteiger partial charge in [-0.25, -0.2) is 0 Å². The molecule has 3 N–H and O–H groups in total. The molecule has 4 nitrogen and oxygen atoms in total. The fourth-order valence-electron chi connectivity index (χ4n) is 2.02. The van der Waals surface area contributed by atoms with E-state index in [-0.39, 0.29) is 18.6 Å². The lowest BCUT2D eigenvalue weighted by Gasteiger charge is -2.18. The highest BCUT2D eigenvalue weighted by atomic mass is 16.5. The topological polar surface area (TPSA) is 64.3 Å². The van der Waals surface area contributed by atoms with Crippen molar-refractivity contribution in [2.24, 2.45) is 11.7 Å². The summed E-state index contributed by atoms with van der Waals surface area (Å²) in [7, 11) is 0. The summed E-state index contributed by atoms with van der Waals surface area (Å²) in [5.41, 5.74) is 6.90. The number of benzene rings is 1. The number of nitrogens with one attached hydrogen (secondary N) is 1. The first-order valence-corrected chi connectivity index (χ1v) is 7.26. The summed E-state index contributed by atoms with van der Waals surface area (Å²) in [6, 6.07) is 7.82. The molecule has 0 aliphatic carbocycles. The average molecular weight is 278 g/mol. The molecule has 1 unspecified atom stereocenters. The number of rotatable bonds is 8. The predicted octanol–water partition coefficient (Wildman–Crippen LogP) is 2.12. The fourth-order valence-corrected chi connectivity index (χ4v) is 2.02. The Morgan fingerprint density at radius 2 is 1.95 bits per heavy atom. The minimum absolute atomic E-state index is 0.0218. The molecule has 0 heterocycles. The molecule has 1 amide bonds. The van der Waals surface area contributed by atoms with Crippen LogP contribution in [0.3, 0.4) is 0 Å². The van der Waals surface area contributed by atoms with Crippen molar-refractivity contribution >= 4 is 5.91 Å². The maximum absolute atomic E-state index is 11.8. The van der Waals surface area contributed by atoms with Crippen molar-refractivity contribution in [2.75, 3.05) is 13.2 Å². The number of hydrogen-bond donors (Lipinski definition) is 2. The highest BCUT2D eigenvalue weighted by molar-refractivity contribution is 5.77. The van der Waals surface area contributed by atoms with E-state index in [1.807, 2.05) is 24.3 Å². The van der Waals surface area contributed by atoms with Gasteiger partial charge in [0.25, 0.3) is 5.91 Å². The fraction of sp³-hybridized carbons (Fsp3) is 0.562. The molecule has 1 aromatic rings. The zero-order valence-electron chi connectivity index (χ0n) is 12.7. The molecule has 4 heteroatoms. The van der Waals surface area contributed by atoms with E-state index < -0.39 is 0 Å². The molecule has 0 aromatic heterocycles. The van der Waals surface area contributed by atoms with Gasteiger partial charge in [-0.05, 0) is 36.5 Å². The Morgan fingerprint density at radius 3 is 2.45 bits per heavy atom. The molecule has 112 valence electrons.